The summed E-state index contributed by atoms with van der Waals surface area (Å²) in [4.78, 5) is 32.7. The number of amides is 2. The number of benzene rings is 3. The molecule has 3 aliphatic heterocycles. The zero-order valence-corrected chi connectivity index (χ0v) is 17.4. The highest BCUT2D eigenvalue weighted by molar-refractivity contribution is 5.98. The highest BCUT2D eigenvalue weighted by atomic mass is 16.2. The van der Waals surface area contributed by atoms with E-state index in [9.17, 15) is 9.59 Å². The van der Waals surface area contributed by atoms with Crippen LogP contribution in [0.1, 0.15) is 16.7 Å². The van der Waals surface area contributed by atoms with Gasteiger partial charge in [-0.05, 0) is 33.5 Å². The molecule has 0 aromatic heterocycles. The second kappa shape index (κ2) is 7.20. The van der Waals surface area contributed by atoms with E-state index in [-0.39, 0.29) is 23.9 Å². The Kier molecular flexibility index (Phi) is 4.32. The first kappa shape index (κ1) is 18.6. The molecule has 2 unspecified atom stereocenters. The van der Waals surface area contributed by atoms with Gasteiger partial charge in [0.2, 0.25) is 11.8 Å². The highest BCUT2D eigenvalue weighted by Crippen LogP contribution is 2.31. The van der Waals surface area contributed by atoms with E-state index in [0.717, 1.165) is 18.7 Å². The second-order valence-corrected chi connectivity index (χ2v) is 8.92. The van der Waals surface area contributed by atoms with Crippen LogP contribution in [0.25, 0.3) is 10.8 Å². The summed E-state index contributed by atoms with van der Waals surface area (Å²) in [6, 6.07) is 22.4. The predicted molar refractivity (Wildman–Crippen MR) is 119 cm³/mol. The number of carbonyl (C=O) groups excluding carboxylic acids is 2. The van der Waals surface area contributed by atoms with Gasteiger partial charge >= 0.3 is 0 Å². The Labute approximate surface area is 181 Å². The van der Waals surface area contributed by atoms with Crippen molar-refractivity contribution in [3.05, 3.63) is 83.4 Å². The molecule has 6 rings (SSSR count). The van der Waals surface area contributed by atoms with E-state index in [1.165, 1.54) is 21.9 Å². The Bertz CT molecular complexity index is 1190. The van der Waals surface area contributed by atoms with E-state index in [1.54, 1.807) is 0 Å². The first-order valence-corrected chi connectivity index (χ1v) is 11.1. The summed E-state index contributed by atoms with van der Waals surface area (Å²) in [5, 5.41) is 2.47. The third-order valence-electron chi connectivity index (χ3n) is 7.07. The minimum Gasteiger partial charge on any atom is -0.326 e. The number of rotatable bonds is 2. The van der Waals surface area contributed by atoms with Crippen LogP contribution in [0, 0.1) is 0 Å². The third kappa shape index (κ3) is 3.12. The van der Waals surface area contributed by atoms with E-state index in [4.69, 9.17) is 0 Å². The lowest BCUT2D eigenvalue weighted by atomic mass is 9.89. The van der Waals surface area contributed by atoms with Crippen LogP contribution in [0.4, 0.5) is 0 Å². The van der Waals surface area contributed by atoms with Crippen molar-refractivity contribution in [1.82, 2.24) is 14.7 Å². The molecule has 5 heteroatoms. The maximum Gasteiger partial charge on any atom is 0.247 e. The van der Waals surface area contributed by atoms with Crippen molar-refractivity contribution < 1.29 is 9.59 Å². The third-order valence-corrected chi connectivity index (χ3v) is 7.07. The van der Waals surface area contributed by atoms with Crippen molar-refractivity contribution in [1.29, 1.82) is 0 Å². The van der Waals surface area contributed by atoms with Crippen LogP contribution in [-0.2, 0) is 29.1 Å². The molecule has 0 bridgehead atoms. The first-order valence-electron chi connectivity index (χ1n) is 11.1. The van der Waals surface area contributed by atoms with Gasteiger partial charge in [-0.1, -0.05) is 60.7 Å². The monoisotopic (exact) mass is 411 g/mol. The molecular weight excluding hydrogens is 386 g/mol. The molecule has 0 spiro atoms. The number of fused-ring (bicyclic) bond motifs is 4. The molecule has 2 fully saturated rings. The topological polar surface area (TPSA) is 43.9 Å². The number of nitrogens with zero attached hydrogens (tertiary/aromatic N) is 3. The lowest BCUT2D eigenvalue weighted by molar-refractivity contribution is -0.167. The Morgan fingerprint density at radius 3 is 2.35 bits per heavy atom. The fraction of sp³-hybridized carbons (Fsp3) is 0.308. The molecular formula is C26H25N3O2. The summed E-state index contributed by atoms with van der Waals surface area (Å²) in [6.45, 7) is 3.35. The number of hydrogen-bond donors (Lipinski definition) is 0. The molecule has 0 N–H and O–H groups in total. The van der Waals surface area contributed by atoms with Crippen molar-refractivity contribution in [2.45, 2.75) is 31.6 Å². The van der Waals surface area contributed by atoms with E-state index in [2.05, 4.69) is 59.5 Å². The van der Waals surface area contributed by atoms with Crippen molar-refractivity contribution in [2.24, 2.45) is 0 Å². The molecule has 0 aliphatic carbocycles. The van der Waals surface area contributed by atoms with Gasteiger partial charge in [0, 0.05) is 39.1 Å². The molecule has 2 atom stereocenters. The van der Waals surface area contributed by atoms with Crippen LogP contribution in [0.2, 0.25) is 0 Å². The molecule has 2 amide bonds. The predicted octanol–water partition coefficient (Wildman–Crippen LogP) is 2.82. The van der Waals surface area contributed by atoms with Gasteiger partial charge in [-0.25, -0.2) is 0 Å². The first-order chi connectivity index (χ1) is 15.2. The van der Waals surface area contributed by atoms with Crippen molar-refractivity contribution in [3.8, 4) is 0 Å². The molecule has 3 aliphatic rings. The standard InChI is InChI=1S/C26H25N3O2/c30-25-23-14-21-7-3-4-8-22(21)16-29(23)26(31)24-17-27(11-12-28(24)25)15-18-9-10-19-5-1-2-6-20(19)13-18/h1-10,13,23-24H,11-12,14-17H2. The summed E-state index contributed by atoms with van der Waals surface area (Å²) in [6.07, 6.45) is 0.630. The van der Waals surface area contributed by atoms with E-state index in [0.29, 0.717) is 26.1 Å². The van der Waals surface area contributed by atoms with Crippen molar-refractivity contribution in [3.63, 3.8) is 0 Å². The van der Waals surface area contributed by atoms with Crippen LogP contribution < -0.4 is 0 Å². The number of hydrogen-bond acceptors (Lipinski definition) is 3. The largest absolute Gasteiger partial charge is 0.326 e. The molecule has 156 valence electrons. The lowest BCUT2D eigenvalue weighted by Gasteiger charge is -2.50. The van der Waals surface area contributed by atoms with E-state index >= 15 is 0 Å². The molecule has 2 saturated heterocycles. The zero-order valence-electron chi connectivity index (χ0n) is 17.4. The smallest absolute Gasteiger partial charge is 0.247 e. The summed E-state index contributed by atoms with van der Waals surface area (Å²) in [7, 11) is 0. The van der Waals surface area contributed by atoms with Crippen LogP contribution >= 0.6 is 0 Å². The van der Waals surface area contributed by atoms with Crippen LogP contribution in [0.5, 0.6) is 0 Å². The lowest BCUT2D eigenvalue weighted by Crippen LogP contribution is -2.70. The molecule has 5 nitrogen and oxygen atoms in total. The summed E-state index contributed by atoms with van der Waals surface area (Å²) >= 11 is 0. The normalized spacial score (nSPS) is 23.5. The highest BCUT2D eigenvalue weighted by Gasteiger charge is 2.49. The van der Waals surface area contributed by atoms with Gasteiger partial charge in [-0.3, -0.25) is 14.5 Å². The van der Waals surface area contributed by atoms with Gasteiger partial charge in [0.1, 0.15) is 12.1 Å². The zero-order chi connectivity index (χ0) is 20.9. The Balaban J connectivity index is 1.22. The molecule has 0 saturated carbocycles. The SMILES string of the molecule is O=C1C2Cc3ccccc3CN2C(=O)C2CN(Cc3ccc4ccccc4c3)CCN12. The van der Waals surface area contributed by atoms with Gasteiger partial charge in [0.15, 0.2) is 0 Å². The maximum atomic E-state index is 13.4. The molecule has 31 heavy (non-hydrogen) atoms. The minimum atomic E-state index is -0.372. The number of carbonyl (C=O) groups is 2. The average Bonchev–Trinajstić information content (AvgIpc) is 2.81. The summed E-state index contributed by atoms with van der Waals surface area (Å²) in [5.41, 5.74) is 3.60. The van der Waals surface area contributed by atoms with Gasteiger partial charge in [0.05, 0.1) is 0 Å². The summed E-state index contributed by atoms with van der Waals surface area (Å²) < 4.78 is 0. The molecule has 3 heterocycles. The van der Waals surface area contributed by atoms with Gasteiger partial charge in [-0.15, -0.1) is 0 Å². The summed E-state index contributed by atoms with van der Waals surface area (Å²) in [5.74, 6) is 0.215. The Morgan fingerprint density at radius 1 is 0.742 bits per heavy atom. The van der Waals surface area contributed by atoms with Gasteiger partial charge < -0.3 is 9.80 Å². The van der Waals surface area contributed by atoms with E-state index in [1.807, 2.05) is 21.9 Å². The Morgan fingerprint density at radius 2 is 1.48 bits per heavy atom. The quantitative estimate of drug-likeness (QED) is 0.651. The van der Waals surface area contributed by atoms with Gasteiger partial charge in [0.25, 0.3) is 0 Å². The maximum absolute atomic E-state index is 13.4. The van der Waals surface area contributed by atoms with Crippen molar-refractivity contribution >= 4 is 22.6 Å². The van der Waals surface area contributed by atoms with Crippen LogP contribution in [0.15, 0.2) is 66.7 Å². The Hall–Kier alpha value is -3.18. The van der Waals surface area contributed by atoms with E-state index < -0.39 is 0 Å². The minimum absolute atomic E-state index is 0.0994. The van der Waals surface area contributed by atoms with Crippen LogP contribution in [0.3, 0.4) is 0 Å². The molecule has 3 aromatic rings. The second-order valence-electron chi connectivity index (χ2n) is 8.92. The fourth-order valence-electron chi connectivity index (χ4n) is 5.41. The number of piperazine rings is 2. The molecule has 3 aromatic carbocycles. The van der Waals surface area contributed by atoms with Gasteiger partial charge in [-0.2, -0.15) is 0 Å². The van der Waals surface area contributed by atoms with Crippen molar-refractivity contribution in [2.75, 3.05) is 19.6 Å². The average molecular weight is 412 g/mol. The molecule has 0 radical (unpaired) electrons. The fourth-order valence-corrected chi connectivity index (χ4v) is 5.41. The van der Waals surface area contributed by atoms with Crippen LogP contribution in [-0.4, -0.2) is 58.2 Å².